The number of rotatable bonds is 6. The van der Waals surface area contributed by atoms with Crippen molar-refractivity contribution in [2.75, 3.05) is 35.8 Å². The summed E-state index contributed by atoms with van der Waals surface area (Å²) in [6, 6.07) is 6.84. The molecule has 2 aromatic rings. The third kappa shape index (κ3) is 5.27. The number of piperidine rings is 2. The minimum absolute atomic E-state index is 0.0389. The van der Waals surface area contributed by atoms with Gasteiger partial charge in [-0.2, -0.15) is 0 Å². The van der Waals surface area contributed by atoms with Gasteiger partial charge in [0.15, 0.2) is 0 Å². The summed E-state index contributed by atoms with van der Waals surface area (Å²) in [7, 11) is -4.44. The third-order valence-electron chi connectivity index (χ3n) is 6.37. The topological polar surface area (TPSA) is 89.9 Å². The van der Waals surface area contributed by atoms with Crippen LogP contribution in [-0.4, -0.2) is 56.6 Å². The molecular weight excluding hydrogens is 452 g/mol. The molecule has 0 radical (unpaired) electrons. The van der Waals surface area contributed by atoms with E-state index in [1.54, 1.807) is 6.07 Å². The minimum atomic E-state index is -4.44. The number of likely N-dealkylation sites (tertiary alicyclic amines) is 1. The first-order valence-corrected chi connectivity index (χ1v) is 12.6. The zero-order chi connectivity index (χ0) is 23.6. The number of hydrogen-bond donors (Lipinski definition) is 2. The van der Waals surface area contributed by atoms with Crippen molar-refractivity contribution in [3.8, 4) is 0 Å². The summed E-state index contributed by atoms with van der Waals surface area (Å²) in [5, 5.41) is 9.75. The molecule has 2 aromatic carbocycles. The van der Waals surface area contributed by atoms with Gasteiger partial charge in [-0.3, -0.25) is 4.72 Å². The molecule has 0 unspecified atom stereocenters. The van der Waals surface area contributed by atoms with Gasteiger partial charge in [-0.25, -0.2) is 22.0 Å². The van der Waals surface area contributed by atoms with Crippen molar-refractivity contribution in [1.82, 2.24) is 4.90 Å². The first-order valence-electron chi connectivity index (χ1n) is 11.1. The van der Waals surface area contributed by atoms with Crippen LogP contribution in [-0.2, 0) is 10.0 Å². The number of aromatic carboxylic acids is 1. The first kappa shape index (κ1) is 23.4. The standard InChI is InChI=1S/C23H27F2N3O4S/c24-16-4-6-20(25)22(14-16)33(31,32)26-17-5-7-21(19(15-17)23(29)30)28-12-8-18(9-13-28)27-10-2-1-3-11-27/h4-7,14-15,18,26H,1-3,8-13H2,(H,29,30). The molecule has 2 heterocycles. The summed E-state index contributed by atoms with van der Waals surface area (Å²) >= 11 is 0. The number of carboxylic acids is 1. The predicted octanol–water partition coefficient (Wildman–Crippen LogP) is 3.92. The van der Waals surface area contributed by atoms with Crippen molar-refractivity contribution < 1.29 is 27.1 Å². The number of hydrogen-bond acceptors (Lipinski definition) is 5. The summed E-state index contributed by atoms with van der Waals surface area (Å²) in [6.45, 7) is 3.65. The van der Waals surface area contributed by atoms with Gasteiger partial charge in [0, 0.05) is 24.8 Å². The Labute approximate surface area is 192 Å². The summed E-state index contributed by atoms with van der Waals surface area (Å²) in [5.41, 5.74) is 0.425. The first-order chi connectivity index (χ1) is 15.7. The number of anilines is 2. The monoisotopic (exact) mass is 479 g/mol. The third-order valence-corrected chi connectivity index (χ3v) is 7.77. The second-order valence-electron chi connectivity index (χ2n) is 8.53. The number of carbonyl (C=O) groups is 1. The molecule has 7 nitrogen and oxygen atoms in total. The number of halogens is 2. The van der Waals surface area contributed by atoms with Gasteiger partial charge in [0.2, 0.25) is 0 Å². The molecule has 2 aliphatic rings. The molecule has 2 fully saturated rings. The number of nitrogens with zero attached hydrogens (tertiary/aromatic N) is 2. The molecule has 0 atom stereocenters. The minimum Gasteiger partial charge on any atom is -0.478 e. The fraction of sp³-hybridized carbons (Fsp3) is 0.435. The van der Waals surface area contributed by atoms with Gasteiger partial charge < -0.3 is 14.9 Å². The van der Waals surface area contributed by atoms with E-state index in [2.05, 4.69) is 9.62 Å². The lowest BCUT2D eigenvalue weighted by atomic mass is 9.98. The number of carboxylic acid groups (broad SMARTS) is 1. The van der Waals surface area contributed by atoms with Gasteiger partial charge in [0.1, 0.15) is 16.5 Å². The van der Waals surface area contributed by atoms with E-state index in [9.17, 15) is 27.1 Å². The highest BCUT2D eigenvalue weighted by Crippen LogP contribution is 2.30. The lowest BCUT2D eigenvalue weighted by Crippen LogP contribution is -2.47. The van der Waals surface area contributed by atoms with Crippen molar-refractivity contribution in [3.63, 3.8) is 0 Å². The normalized spacial score (nSPS) is 18.3. The van der Waals surface area contributed by atoms with Crippen molar-refractivity contribution in [3.05, 3.63) is 53.6 Å². The Kier molecular flexibility index (Phi) is 6.85. The molecule has 178 valence electrons. The van der Waals surface area contributed by atoms with Crippen LogP contribution >= 0.6 is 0 Å². The summed E-state index contributed by atoms with van der Waals surface area (Å²) in [5.74, 6) is -3.19. The second kappa shape index (κ2) is 9.64. The van der Waals surface area contributed by atoms with Crippen molar-refractivity contribution in [1.29, 1.82) is 0 Å². The van der Waals surface area contributed by atoms with Crippen LogP contribution in [0.2, 0.25) is 0 Å². The van der Waals surface area contributed by atoms with Crippen LogP contribution in [0.5, 0.6) is 0 Å². The van der Waals surface area contributed by atoms with E-state index >= 15 is 0 Å². The summed E-state index contributed by atoms with van der Waals surface area (Å²) in [6.07, 6.45) is 5.60. The lowest BCUT2D eigenvalue weighted by Gasteiger charge is -2.41. The molecule has 0 bridgehead atoms. The van der Waals surface area contributed by atoms with Crippen LogP contribution in [0.25, 0.3) is 0 Å². The molecule has 10 heteroatoms. The summed E-state index contributed by atoms with van der Waals surface area (Å²) in [4.78, 5) is 15.6. The van der Waals surface area contributed by atoms with E-state index in [0.717, 1.165) is 38.1 Å². The smallest absolute Gasteiger partial charge is 0.337 e. The Morgan fingerprint density at radius 3 is 2.33 bits per heavy atom. The van der Waals surface area contributed by atoms with E-state index < -0.39 is 32.5 Å². The molecule has 2 N–H and O–H groups in total. The fourth-order valence-corrected chi connectivity index (χ4v) is 5.83. The second-order valence-corrected chi connectivity index (χ2v) is 10.2. The van der Waals surface area contributed by atoms with Gasteiger partial charge in [-0.15, -0.1) is 0 Å². The van der Waals surface area contributed by atoms with Crippen LogP contribution in [0.3, 0.4) is 0 Å². The molecule has 2 aliphatic heterocycles. The quantitative estimate of drug-likeness (QED) is 0.653. The predicted molar refractivity (Wildman–Crippen MR) is 121 cm³/mol. The Bertz CT molecular complexity index is 1130. The van der Waals surface area contributed by atoms with Gasteiger partial charge in [-0.05, 0) is 75.2 Å². The zero-order valence-corrected chi connectivity index (χ0v) is 19.0. The van der Waals surface area contributed by atoms with E-state index in [1.807, 2.05) is 4.90 Å². The average Bonchev–Trinajstić information content (AvgIpc) is 2.81. The van der Waals surface area contributed by atoms with E-state index in [0.29, 0.717) is 30.9 Å². The van der Waals surface area contributed by atoms with Gasteiger partial charge in [0.05, 0.1) is 11.3 Å². The average molecular weight is 480 g/mol. The number of benzene rings is 2. The largest absolute Gasteiger partial charge is 0.478 e. The van der Waals surface area contributed by atoms with E-state index in [-0.39, 0.29) is 11.3 Å². The number of nitrogens with one attached hydrogen (secondary N) is 1. The summed E-state index contributed by atoms with van der Waals surface area (Å²) < 4.78 is 54.7. The van der Waals surface area contributed by atoms with Gasteiger partial charge in [-0.1, -0.05) is 6.42 Å². The van der Waals surface area contributed by atoms with Crippen molar-refractivity contribution >= 4 is 27.4 Å². The van der Waals surface area contributed by atoms with Crippen molar-refractivity contribution in [2.24, 2.45) is 0 Å². The van der Waals surface area contributed by atoms with Crippen LogP contribution in [0.4, 0.5) is 20.2 Å². The maximum atomic E-state index is 14.0. The maximum Gasteiger partial charge on any atom is 0.337 e. The number of sulfonamides is 1. The van der Waals surface area contributed by atoms with Crippen LogP contribution in [0.1, 0.15) is 42.5 Å². The van der Waals surface area contributed by atoms with Crippen LogP contribution < -0.4 is 9.62 Å². The molecular formula is C23H27F2N3O4S. The Hall–Kier alpha value is -2.72. The Balaban J connectivity index is 1.51. The van der Waals surface area contributed by atoms with Crippen LogP contribution in [0.15, 0.2) is 41.3 Å². The molecule has 33 heavy (non-hydrogen) atoms. The molecule has 4 rings (SSSR count). The highest BCUT2D eigenvalue weighted by Gasteiger charge is 2.28. The van der Waals surface area contributed by atoms with Gasteiger partial charge >= 0.3 is 5.97 Å². The molecule has 2 saturated heterocycles. The molecule has 0 aromatic heterocycles. The molecule has 0 spiro atoms. The fourth-order valence-electron chi connectivity index (χ4n) is 4.70. The highest BCUT2D eigenvalue weighted by molar-refractivity contribution is 7.92. The lowest BCUT2D eigenvalue weighted by molar-refractivity contribution is 0.0697. The molecule has 0 aliphatic carbocycles. The van der Waals surface area contributed by atoms with E-state index in [1.165, 1.54) is 31.4 Å². The van der Waals surface area contributed by atoms with E-state index in [4.69, 9.17) is 0 Å². The van der Waals surface area contributed by atoms with Crippen molar-refractivity contribution in [2.45, 2.75) is 43.0 Å². The SMILES string of the molecule is O=C(O)c1cc(NS(=O)(=O)c2cc(F)ccc2F)ccc1N1CCC(N2CCCCC2)CC1. The zero-order valence-electron chi connectivity index (χ0n) is 18.1. The van der Waals surface area contributed by atoms with Crippen LogP contribution in [0, 0.1) is 11.6 Å². The van der Waals surface area contributed by atoms with Gasteiger partial charge in [0.25, 0.3) is 10.0 Å². The maximum absolute atomic E-state index is 14.0. The molecule has 0 saturated carbocycles. The highest BCUT2D eigenvalue weighted by atomic mass is 32.2. The Morgan fingerprint density at radius 1 is 0.970 bits per heavy atom. The Morgan fingerprint density at radius 2 is 1.67 bits per heavy atom. The molecule has 0 amide bonds.